The van der Waals surface area contributed by atoms with Gasteiger partial charge >= 0.3 is 0 Å². The quantitative estimate of drug-likeness (QED) is 0.135. The van der Waals surface area contributed by atoms with E-state index in [0.29, 0.717) is 11.0 Å². The Bertz CT molecular complexity index is 1520. The molecule has 1 aromatic heterocycles. The summed E-state index contributed by atoms with van der Waals surface area (Å²) in [5.74, 6) is -2.72. The van der Waals surface area contributed by atoms with E-state index < -0.39 is 53.3 Å². The summed E-state index contributed by atoms with van der Waals surface area (Å²) in [5, 5.41) is 32.9. The molecule has 0 saturated carbocycles. The molecule has 1 heterocycles. The van der Waals surface area contributed by atoms with Gasteiger partial charge in [-0.05, 0) is 49.3 Å². The van der Waals surface area contributed by atoms with Gasteiger partial charge in [0.1, 0.15) is 11.7 Å². The molecule has 6 N–H and O–H groups in total. The number of amides is 4. The van der Waals surface area contributed by atoms with Gasteiger partial charge in [-0.2, -0.15) is 0 Å². The Balaban J connectivity index is 1.74. The van der Waals surface area contributed by atoms with Crippen LogP contribution in [-0.2, 0) is 20.8 Å². The van der Waals surface area contributed by atoms with Gasteiger partial charge in [0.25, 0.3) is 5.91 Å². The minimum absolute atomic E-state index is 0.0105. The van der Waals surface area contributed by atoms with Crippen LogP contribution in [0.2, 0.25) is 0 Å². The Kier molecular flexibility index (Phi) is 14.0. The summed E-state index contributed by atoms with van der Waals surface area (Å²) < 4.78 is 0. The van der Waals surface area contributed by atoms with Crippen molar-refractivity contribution in [1.29, 1.82) is 0 Å². The van der Waals surface area contributed by atoms with Crippen molar-refractivity contribution in [3.63, 3.8) is 0 Å². The summed E-state index contributed by atoms with van der Waals surface area (Å²) in [4.78, 5) is 61.4. The number of hydrogen-bond acceptors (Lipinski definition) is 8. The predicted molar refractivity (Wildman–Crippen MR) is 184 cm³/mol. The van der Waals surface area contributed by atoms with Crippen LogP contribution in [0.3, 0.4) is 0 Å². The van der Waals surface area contributed by atoms with Crippen molar-refractivity contribution in [3.05, 3.63) is 72.1 Å². The average Bonchev–Trinajstić information content (AvgIpc) is 3.06. The second kappa shape index (κ2) is 17.7. The Morgan fingerprint density at radius 2 is 1.46 bits per heavy atom. The van der Waals surface area contributed by atoms with E-state index in [4.69, 9.17) is 0 Å². The van der Waals surface area contributed by atoms with Crippen molar-refractivity contribution in [3.8, 4) is 0 Å². The standard InChI is InChI=1S/C36H50N6O6/c1-7-24(8-2)39-31(45)19-25(36(4,5)6)33(46)38-21-30(44)28(18-23-14-10-9-11-15-23)41-35(48)32(22(3)43)42-34(47)29-20-37-26-16-12-13-17-27(26)40-29/h9-17,20,22,24-25,28,30,32,43-44H,7-8,18-19,21H2,1-6H3,(H,38,46)(H,39,45)(H,41,48)(H,42,47)/t22-,25-,28-,30+,32-/m0/s1. The molecule has 0 radical (unpaired) electrons. The number of aliphatic hydroxyl groups is 2. The Hall–Kier alpha value is -4.42. The number of rotatable bonds is 16. The third kappa shape index (κ3) is 11.1. The predicted octanol–water partition coefficient (Wildman–Crippen LogP) is 2.67. The zero-order chi connectivity index (χ0) is 35.4. The molecule has 0 saturated heterocycles. The normalized spacial score (nSPS) is 14.8. The molecule has 0 aliphatic heterocycles. The number of fused-ring (bicyclic) bond motifs is 1. The first-order chi connectivity index (χ1) is 22.7. The molecule has 4 amide bonds. The van der Waals surface area contributed by atoms with Crippen molar-refractivity contribution in [1.82, 2.24) is 31.2 Å². The molecular formula is C36H50N6O6. The minimum atomic E-state index is -1.38. The summed E-state index contributed by atoms with van der Waals surface area (Å²) in [5.41, 5.74) is 1.33. The monoisotopic (exact) mass is 662 g/mol. The highest BCUT2D eigenvalue weighted by Gasteiger charge is 2.35. The maximum absolute atomic E-state index is 13.5. The van der Waals surface area contributed by atoms with E-state index in [1.807, 2.05) is 65.0 Å². The fourth-order valence-electron chi connectivity index (χ4n) is 5.34. The number of nitrogens with zero attached hydrogens (tertiary/aromatic N) is 2. The number of hydrogen-bond donors (Lipinski definition) is 6. The second-order valence-electron chi connectivity index (χ2n) is 13.3. The van der Waals surface area contributed by atoms with Crippen molar-refractivity contribution in [2.75, 3.05) is 6.54 Å². The van der Waals surface area contributed by atoms with Gasteiger partial charge in [-0.3, -0.25) is 24.2 Å². The lowest BCUT2D eigenvalue weighted by Crippen LogP contribution is -2.58. The van der Waals surface area contributed by atoms with Gasteiger partial charge in [-0.1, -0.05) is 77.1 Å². The summed E-state index contributed by atoms with van der Waals surface area (Å²) >= 11 is 0. The smallest absolute Gasteiger partial charge is 0.272 e. The lowest BCUT2D eigenvalue weighted by Gasteiger charge is -2.31. The highest BCUT2D eigenvalue weighted by atomic mass is 16.3. The average molecular weight is 663 g/mol. The largest absolute Gasteiger partial charge is 0.391 e. The lowest BCUT2D eigenvalue weighted by molar-refractivity contribution is -0.134. The highest BCUT2D eigenvalue weighted by Crippen LogP contribution is 2.29. The molecule has 5 atom stereocenters. The number of carbonyl (C=O) groups is 4. The topological polar surface area (TPSA) is 183 Å². The summed E-state index contributed by atoms with van der Waals surface area (Å²) in [6.07, 6.45) is 0.493. The zero-order valence-corrected chi connectivity index (χ0v) is 28.7. The maximum Gasteiger partial charge on any atom is 0.272 e. The Morgan fingerprint density at radius 3 is 2.06 bits per heavy atom. The first-order valence-electron chi connectivity index (χ1n) is 16.5. The molecule has 0 fully saturated rings. The van der Waals surface area contributed by atoms with Gasteiger partial charge in [-0.15, -0.1) is 0 Å². The Morgan fingerprint density at radius 1 is 0.833 bits per heavy atom. The van der Waals surface area contributed by atoms with E-state index in [2.05, 4.69) is 31.2 Å². The minimum Gasteiger partial charge on any atom is -0.391 e. The van der Waals surface area contributed by atoms with Gasteiger partial charge in [0.15, 0.2) is 0 Å². The SMILES string of the molecule is CCC(CC)NC(=O)C[C@@H](C(=O)NC[C@@H](O)[C@H](Cc1ccccc1)NC(=O)[C@@H](NC(=O)c1cnc2ccccc2n1)[C@H](C)O)C(C)(C)C. The third-order valence-electron chi connectivity index (χ3n) is 8.41. The summed E-state index contributed by atoms with van der Waals surface area (Å²) in [6, 6.07) is 13.9. The number of carbonyl (C=O) groups excluding carboxylic acids is 4. The van der Waals surface area contributed by atoms with Crippen molar-refractivity contribution in [2.45, 2.75) is 97.6 Å². The van der Waals surface area contributed by atoms with E-state index in [9.17, 15) is 29.4 Å². The van der Waals surface area contributed by atoms with Crippen molar-refractivity contribution >= 4 is 34.7 Å². The van der Waals surface area contributed by atoms with Gasteiger partial charge in [0.2, 0.25) is 17.7 Å². The number of nitrogens with one attached hydrogen (secondary N) is 4. The third-order valence-corrected chi connectivity index (χ3v) is 8.41. The van der Waals surface area contributed by atoms with Gasteiger partial charge in [0.05, 0.1) is 41.4 Å². The molecule has 3 aromatic rings. The number of aliphatic hydroxyl groups excluding tert-OH is 2. The van der Waals surface area contributed by atoms with Crippen LogP contribution in [0, 0.1) is 11.3 Å². The van der Waals surface area contributed by atoms with Gasteiger partial charge in [0, 0.05) is 19.0 Å². The molecule has 260 valence electrons. The number of para-hydroxylation sites is 2. The molecule has 0 bridgehead atoms. The van der Waals surface area contributed by atoms with Crippen LogP contribution in [0.1, 0.15) is 76.9 Å². The first kappa shape index (κ1) is 38.0. The van der Waals surface area contributed by atoms with Crippen LogP contribution >= 0.6 is 0 Å². The van der Waals surface area contributed by atoms with E-state index in [0.717, 1.165) is 18.4 Å². The van der Waals surface area contributed by atoms with E-state index >= 15 is 0 Å². The van der Waals surface area contributed by atoms with Crippen LogP contribution in [0.15, 0.2) is 60.8 Å². The molecule has 0 unspecified atom stereocenters. The molecule has 12 heteroatoms. The van der Waals surface area contributed by atoms with Gasteiger partial charge < -0.3 is 31.5 Å². The second-order valence-corrected chi connectivity index (χ2v) is 13.3. The van der Waals surface area contributed by atoms with Crippen LogP contribution in [-0.4, -0.2) is 80.7 Å². The van der Waals surface area contributed by atoms with E-state index in [1.165, 1.54) is 13.1 Å². The van der Waals surface area contributed by atoms with E-state index in [1.54, 1.807) is 24.3 Å². The molecule has 48 heavy (non-hydrogen) atoms. The van der Waals surface area contributed by atoms with Crippen molar-refractivity contribution < 1.29 is 29.4 Å². The Labute approximate surface area is 282 Å². The molecule has 0 aliphatic carbocycles. The summed E-state index contributed by atoms with van der Waals surface area (Å²) in [6.45, 7) is 10.8. The zero-order valence-electron chi connectivity index (χ0n) is 28.7. The lowest BCUT2D eigenvalue weighted by atomic mass is 9.78. The molecule has 0 spiro atoms. The van der Waals surface area contributed by atoms with Crippen LogP contribution in [0.5, 0.6) is 0 Å². The number of aromatic nitrogens is 2. The number of benzene rings is 2. The van der Waals surface area contributed by atoms with Crippen LogP contribution in [0.4, 0.5) is 0 Å². The molecular weight excluding hydrogens is 612 g/mol. The van der Waals surface area contributed by atoms with Crippen LogP contribution in [0.25, 0.3) is 11.0 Å². The molecule has 3 rings (SSSR count). The van der Waals surface area contributed by atoms with E-state index in [-0.39, 0.29) is 37.0 Å². The van der Waals surface area contributed by atoms with Crippen LogP contribution < -0.4 is 21.3 Å². The van der Waals surface area contributed by atoms with Crippen molar-refractivity contribution in [2.24, 2.45) is 11.3 Å². The molecule has 0 aliphatic rings. The summed E-state index contributed by atoms with van der Waals surface area (Å²) in [7, 11) is 0. The molecule has 12 nitrogen and oxygen atoms in total. The van der Waals surface area contributed by atoms with Gasteiger partial charge in [-0.25, -0.2) is 4.98 Å². The highest BCUT2D eigenvalue weighted by molar-refractivity contribution is 5.97. The molecule has 2 aromatic carbocycles. The fourth-order valence-corrected chi connectivity index (χ4v) is 5.34. The fraction of sp³-hybridized carbons (Fsp3) is 0.500. The first-order valence-corrected chi connectivity index (χ1v) is 16.5. The maximum atomic E-state index is 13.5.